The first kappa shape index (κ1) is 10.3. The van der Waals surface area contributed by atoms with Crippen molar-refractivity contribution in [2.45, 2.75) is 32.3 Å². The molecule has 0 aliphatic heterocycles. The maximum absolute atomic E-state index is 5.78. The van der Waals surface area contributed by atoms with Gasteiger partial charge in [-0.1, -0.05) is 6.92 Å². The van der Waals surface area contributed by atoms with Gasteiger partial charge >= 0.3 is 0 Å². The lowest BCUT2D eigenvalue weighted by molar-refractivity contribution is 0.303. The van der Waals surface area contributed by atoms with Gasteiger partial charge in [0.05, 0.1) is 6.10 Å². The molecule has 82 valence electrons. The van der Waals surface area contributed by atoms with Gasteiger partial charge in [-0.05, 0) is 43.0 Å². The summed E-state index contributed by atoms with van der Waals surface area (Å²) >= 11 is 0. The topological polar surface area (TPSA) is 12.5 Å². The summed E-state index contributed by atoms with van der Waals surface area (Å²) in [6, 6.07) is 6.40. The van der Waals surface area contributed by atoms with Gasteiger partial charge in [0.2, 0.25) is 0 Å². The van der Waals surface area contributed by atoms with E-state index in [1.165, 1.54) is 24.1 Å². The van der Waals surface area contributed by atoms with Gasteiger partial charge < -0.3 is 9.64 Å². The van der Waals surface area contributed by atoms with E-state index in [9.17, 15) is 0 Å². The van der Waals surface area contributed by atoms with Gasteiger partial charge in [-0.3, -0.25) is 0 Å². The molecule has 1 aromatic rings. The molecule has 0 N–H and O–H groups in total. The molecule has 2 nitrogen and oxygen atoms in total. The van der Waals surface area contributed by atoms with Crippen LogP contribution < -0.4 is 9.64 Å². The highest BCUT2D eigenvalue weighted by Crippen LogP contribution is 2.30. The number of hydrogen-bond donors (Lipinski definition) is 0. The Kier molecular flexibility index (Phi) is 2.85. The highest BCUT2D eigenvalue weighted by atomic mass is 16.5. The van der Waals surface area contributed by atoms with Crippen LogP contribution in [-0.4, -0.2) is 20.2 Å². The Morgan fingerprint density at radius 2 is 2.07 bits per heavy atom. The third-order valence-corrected chi connectivity index (χ3v) is 2.74. The molecule has 0 bridgehead atoms. The molecule has 0 atom stereocenters. The summed E-state index contributed by atoms with van der Waals surface area (Å²) in [4.78, 5) is 2.15. The van der Waals surface area contributed by atoms with E-state index in [1.807, 2.05) is 0 Å². The van der Waals surface area contributed by atoms with Crippen LogP contribution in [0.25, 0.3) is 0 Å². The smallest absolute Gasteiger partial charge is 0.120 e. The average molecular weight is 205 g/mol. The number of anilines is 1. The van der Waals surface area contributed by atoms with Crippen molar-refractivity contribution in [3.8, 4) is 5.75 Å². The molecule has 1 fully saturated rings. The standard InChI is InChI=1S/C13H19NO/c1-4-10-9-12(15-11-5-6-11)7-8-13(10)14(2)3/h7-9,11H,4-6H2,1-3H3. The van der Waals surface area contributed by atoms with Crippen LogP contribution in [0.1, 0.15) is 25.3 Å². The predicted octanol–water partition coefficient (Wildman–Crippen LogP) is 2.86. The SMILES string of the molecule is CCc1cc(OC2CC2)ccc1N(C)C. The molecule has 2 heteroatoms. The van der Waals surface area contributed by atoms with E-state index in [0.29, 0.717) is 6.10 Å². The summed E-state index contributed by atoms with van der Waals surface area (Å²) in [5, 5.41) is 0. The van der Waals surface area contributed by atoms with E-state index in [1.54, 1.807) is 0 Å². The zero-order valence-electron chi connectivity index (χ0n) is 9.79. The van der Waals surface area contributed by atoms with E-state index >= 15 is 0 Å². The third-order valence-electron chi connectivity index (χ3n) is 2.74. The molecule has 1 saturated carbocycles. The number of ether oxygens (including phenoxy) is 1. The zero-order chi connectivity index (χ0) is 10.8. The van der Waals surface area contributed by atoms with E-state index in [-0.39, 0.29) is 0 Å². The van der Waals surface area contributed by atoms with Gasteiger partial charge in [-0.15, -0.1) is 0 Å². The Morgan fingerprint density at radius 1 is 1.33 bits per heavy atom. The van der Waals surface area contributed by atoms with E-state index in [4.69, 9.17) is 4.74 Å². The second-order valence-electron chi connectivity index (χ2n) is 4.36. The minimum atomic E-state index is 0.486. The highest BCUT2D eigenvalue weighted by Gasteiger charge is 2.23. The fraction of sp³-hybridized carbons (Fsp3) is 0.538. The normalized spacial score (nSPS) is 15.1. The van der Waals surface area contributed by atoms with Crippen LogP contribution in [0.4, 0.5) is 5.69 Å². The van der Waals surface area contributed by atoms with Gasteiger partial charge in [0.1, 0.15) is 5.75 Å². The molecule has 0 aromatic heterocycles. The van der Waals surface area contributed by atoms with Crippen LogP contribution in [0.5, 0.6) is 5.75 Å². The molecule has 2 rings (SSSR count). The number of nitrogens with zero attached hydrogens (tertiary/aromatic N) is 1. The molecule has 0 radical (unpaired) electrons. The third kappa shape index (κ3) is 2.44. The predicted molar refractivity (Wildman–Crippen MR) is 63.8 cm³/mol. The van der Waals surface area contributed by atoms with Crippen molar-refractivity contribution >= 4 is 5.69 Å². The first-order valence-electron chi connectivity index (χ1n) is 5.67. The first-order valence-corrected chi connectivity index (χ1v) is 5.67. The Labute approximate surface area is 91.9 Å². The summed E-state index contributed by atoms with van der Waals surface area (Å²) < 4.78 is 5.78. The molecule has 1 aliphatic carbocycles. The average Bonchev–Trinajstić information content (AvgIpc) is 3.01. The maximum Gasteiger partial charge on any atom is 0.120 e. The summed E-state index contributed by atoms with van der Waals surface area (Å²) in [5.41, 5.74) is 2.65. The van der Waals surface area contributed by atoms with Gasteiger partial charge in [-0.2, -0.15) is 0 Å². The second-order valence-corrected chi connectivity index (χ2v) is 4.36. The maximum atomic E-state index is 5.78. The Balaban J connectivity index is 2.20. The number of aryl methyl sites for hydroxylation is 1. The lowest BCUT2D eigenvalue weighted by Crippen LogP contribution is -2.11. The summed E-state index contributed by atoms with van der Waals surface area (Å²) in [7, 11) is 4.16. The highest BCUT2D eigenvalue weighted by molar-refractivity contribution is 5.55. The quantitative estimate of drug-likeness (QED) is 0.749. The van der Waals surface area contributed by atoms with Crippen LogP contribution in [0.2, 0.25) is 0 Å². The minimum Gasteiger partial charge on any atom is -0.490 e. The molecule has 15 heavy (non-hydrogen) atoms. The molecule has 1 aromatic carbocycles. The van der Waals surface area contributed by atoms with Gasteiger partial charge in [0, 0.05) is 19.8 Å². The van der Waals surface area contributed by atoms with Crippen molar-refractivity contribution in [1.29, 1.82) is 0 Å². The Morgan fingerprint density at radius 3 is 2.60 bits per heavy atom. The van der Waals surface area contributed by atoms with E-state index < -0.39 is 0 Å². The largest absolute Gasteiger partial charge is 0.490 e. The molecule has 0 heterocycles. The monoisotopic (exact) mass is 205 g/mol. The number of benzene rings is 1. The molecule has 0 amide bonds. The number of hydrogen-bond acceptors (Lipinski definition) is 2. The summed E-state index contributed by atoms with van der Waals surface area (Å²) in [6.07, 6.45) is 3.98. The van der Waals surface area contributed by atoms with Gasteiger partial charge in [0.15, 0.2) is 0 Å². The van der Waals surface area contributed by atoms with Crippen LogP contribution in [0, 0.1) is 0 Å². The van der Waals surface area contributed by atoms with E-state index in [2.05, 4.69) is 44.1 Å². The number of rotatable bonds is 4. The van der Waals surface area contributed by atoms with Crippen molar-refractivity contribution in [3.63, 3.8) is 0 Å². The summed E-state index contributed by atoms with van der Waals surface area (Å²) in [5.74, 6) is 1.03. The molecular weight excluding hydrogens is 186 g/mol. The summed E-state index contributed by atoms with van der Waals surface area (Å²) in [6.45, 7) is 2.18. The molecule has 0 saturated heterocycles. The van der Waals surface area contributed by atoms with Crippen LogP contribution in [0.15, 0.2) is 18.2 Å². The van der Waals surface area contributed by atoms with Gasteiger partial charge in [0.25, 0.3) is 0 Å². The van der Waals surface area contributed by atoms with Crippen LogP contribution in [-0.2, 0) is 6.42 Å². The zero-order valence-corrected chi connectivity index (χ0v) is 9.79. The van der Waals surface area contributed by atoms with Crippen molar-refractivity contribution in [1.82, 2.24) is 0 Å². The molecular formula is C13H19NO. The van der Waals surface area contributed by atoms with Crippen LogP contribution in [0.3, 0.4) is 0 Å². The fourth-order valence-corrected chi connectivity index (χ4v) is 1.73. The van der Waals surface area contributed by atoms with E-state index in [0.717, 1.165) is 12.2 Å². The Bertz CT molecular complexity index is 342. The van der Waals surface area contributed by atoms with Crippen molar-refractivity contribution in [2.75, 3.05) is 19.0 Å². The minimum absolute atomic E-state index is 0.486. The molecule has 0 unspecified atom stereocenters. The first-order chi connectivity index (χ1) is 7.20. The molecule has 0 spiro atoms. The van der Waals surface area contributed by atoms with Gasteiger partial charge in [-0.25, -0.2) is 0 Å². The lowest BCUT2D eigenvalue weighted by Gasteiger charge is -2.17. The van der Waals surface area contributed by atoms with Crippen molar-refractivity contribution in [3.05, 3.63) is 23.8 Å². The molecule has 1 aliphatic rings. The van der Waals surface area contributed by atoms with Crippen molar-refractivity contribution in [2.24, 2.45) is 0 Å². The fourth-order valence-electron chi connectivity index (χ4n) is 1.73. The second kappa shape index (κ2) is 4.13. The lowest BCUT2D eigenvalue weighted by atomic mass is 10.1. The van der Waals surface area contributed by atoms with Crippen LogP contribution >= 0.6 is 0 Å². The van der Waals surface area contributed by atoms with Crippen molar-refractivity contribution < 1.29 is 4.74 Å². The Hall–Kier alpha value is -1.18.